The van der Waals surface area contributed by atoms with E-state index in [1.807, 2.05) is 22.9 Å². The van der Waals surface area contributed by atoms with Crippen LogP contribution in [0.5, 0.6) is 0 Å². The smallest absolute Gasteiger partial charge is 0.224 e. The molecule has 1 saturated carbocycles. The standard InChI is InChI=1S/C21H29N5O3.2ClH/c1-29-19-6-5-17(21(28)24-8-3-10-26-11-9-23-15-26)13-18(19)25-20(27)12-16-4-2-7-22-14-16;;/h2,4,7,9,11,14-15,17-19H,3,5-6,8,10,12-13H2,1H3,(H,24,28)(H,25,27);2*1H/t17-,18+,19+;;/m0../s1. The van der Waals surface area contributed by atoms with Gasteiger partial charge in [0, 0.05) is 50.9 Å². The predicted octanol–water partition coefficient (Wildman–Crippen LogP) is 2.17. The molecule has 2 aromatic rings. The number of hydrogen-bond acceptors (Lipinski definition) is 5. The quantitative estimate of drug-likeness (QED) is 0.546. The van der Waals surface area contributed by atoms with Crippen molar-refractivity contribution in [1.29, 1.82) is 0 Å². The number of amides is 2. The van der Waals surface area contributed by atoms with Gasteiger partial charge in [0.1, 0.15) is 0 Å². The molecular formula is C21H31Cl2N5O3. The van der Waals surface area contributed by atoms with E-state index in [2.05, 4.69) is 20.6 Å². The van der Waals surface area contributed by atoms with Crippen LogP contribution >= 0.6 is 24.8 Å². The Morgan fingerprint density at radius 2 is 2.06 bits per heavy atom. The lowest BCUT2D eigenvalue weighted by Crippen LogP contribution is -2.50. The summed E-state index contributed by atoms with van der Waals surface area (Å²) >= 11 is 0. The fourth-order valence-electron chi connectivity index (χ4n) is 3.80. The number of aryl methyl sites for hydroxylation is 1. The van der Waals surface area contributed by atoms with Crippen molar-refractivity contribution in [2.45, 2.75) is 50.8 Å². The number of methoxy groups -OCH3 is 1. The molecule has 0 saturated heterocycles. The largest absolute Gasteiger partial charge is 0.379 e. The first-order valence-electron chi connectivity index (χ1n) is 10.1. The van der Waals surface area contributed by atoms with Crippen LogP contribution in [0, 0.1) is 5.92 Å². The van der Waals surface area contributed by atoms with Crippen molar-refractivity contribution >= 4 is 36.6 Å². The van der Waals surface area contributed by atoms with Crippen LogP contribution in [0.25, 0.3) is 0 Å². The zero-order valence-corrected chi connectivity index (χ0v) is 19.2. The minimum Gasteiger partial charge on any atom is -0.379 e. The molecule has 10 heteroatoms. The SMILES string of the molecule is CO[C@@H]1CC[C@H](C(=O)NCCCn2ccnc2)C[C@H]1NC(=O)Cc1cccnc1.Cl.Cl. The van der Waals surface area contributed by atoms with Gasteiger partial charge in [0.2, 0.25) is 11.8 Å². The van der Waals surface area contributed by atoms with Gasteiger partial charge in [0.05, 0.1) is 24.9 Å². The fourth-order valence-corrected chi connectivity index (χ4v) is 3.80. The van der Waals surface area contributed by atoms with Crippen LogP contribution in [0.3, 0.4) is 0 Å². The molecule has 172 valence electrons. The van der Waals surface area contributed by atoms with Gasteiger partial charge in [-0.25, -0.2) is 4.98 Å². The first kappa shape index (κ1) is 26.9. The third kappa shape index (κ3) is 8.47. The van der Waals surface area contributed by atoms with E-state index < -0.39 is 0 Å². The lowest BCUT2D eigenvalue weighted by atomic mass is 9.83. The highest BCUT2D eigenvalue weighted by molar-refractivity contribution is 5.85. The molecule has 0 bridgehead atoms. The number of ether oxygens (including phenoxy) is 1. The van der Waals surface area contributed by atoms with Crippen LogP contribution < -0.4 is 10.6 Å². The van der Waals surface area contributed by atoms with Gasteiger partial charge in [-0.2, -0.15) is 0 Å². The molecule has 0 radical (unpaired) electrons. The number of nitrogens with zero attached hydrogens (tertiary/aromatic N) is 3. The number of imidazole rings is 1. The maximum atomic E-state index is 12.6. The van der Waals surface area contributed by atoms with Gasteiger partial charge < -0.3 is 19.9 Å². The minimum atomic E-state index is -0.167. The van der Waals surface area contributed by atoms with E-state index in [-0.39, 0.29) is 61.1 Å². The Morgan fingerprint density at radius 1 is 1.23 bits per heavy atom. The fraction of sp³-hybridized carbons (Fsp3) is 0.524. The predicted molar refractivity (Wildman–Crippen MR) is 122 cm³/mol. The Hall–Kier alpha value is -2.16. The average molecular weight is 472 g/mol. The Kier molecular flexibility index (Phi) is 12.1. The summed E-state index contributed by atoms with van der Waals surface area (Å²) in [7, 11) is 1.65. The van der Waals surface area contributed by atoms with Crippen LogP contribution in [-0.4, -0.2) is 52.1 Å². The van der Waals surface area contributed by atoms with Gasteiger partial charge in [-0.3, -0.25) is 14.6 Å². The lowest BCUT2D eigenvalue weighted by molar-refractivity contribution is -0.129. The van der Waals surface area contributed by atoms with Crippen molar-refractivity contribution in [3.63, 3.8) is 0 Å². The summed E-state index contributed by atoms with van der Waals surface area (Å²) in [6.45, 7) is 1.45. The first-order chi connectivity index (χ1) is 14.2. The molecule has 0 unspecified atom stereocenters. The third-order valence-electron chi connectivity index (χ3n) is 5.35. The van der Waals surface area contributed by atoms with E-state index in [4.69, 9.17) is 4.74 Å². The Morgan fingerprint density at radius 3 is 2.74 bits per heavy atom. The highest BCUT2D eigenvalue weighted by Gasteiger charge is 2.34. The molecule has 0 aromatic carbocycles. The van der Waals surface area contributed by atoms with E-state index >= 15 is 0 Å². The second-order valence-electron chi connectivity index (χ2n) is 7.44. The third-order valence-corrected chi connectivity index (χ3v) is 5.35. The number of halogens is 2. The van der Waals surface area contributed by atoms with E-state index in [1.165, 1.54) is 0 Å². The highest BCUT2D eigenvalue weighted by Crippen LogP contribution is 2.27. The maximum Gasteiger partial charge on any atom is 0.224 e. The van der Waals surface area contributed by atoms with Crippen LogP contribution in [-0.2, 0) is 27.3 Å². The number of aromatic nitrogens is 3. The molecule has 0 spiro atoms. The van der Waals surface area contributed by atoms with Gasteiger partial charge in [-0.15, -0.1) is 24.8 Å². The second kappa shape index (κ2) is 14.0. The Labute approximate surface area is 195 Å². The zero-order chi connectivity index (χ0) is 20.5. The number of carbonyl (C=O) groups excluding carboxylic acids is 2. The van der Waals surface area contributed by atoms with Gasteiger partial charge in [-0.1, -0.05) is 6.07 Å². The van der Waals surface area contributed by atoms with Gasteiger partial charge in [-0.05, 0) is 37.3 Å². The summed E-state index contributed by atoms with van der Waals surface area (Å²) in [5, 5.41) is 6.08. The number of carbonyl (C=O) groups is 2. The van der Waals surface area contributed by atoms with Crippen molar-refractivity contribution in [2.75, 3.05) is 13.7 Å². The van der Waals surface area contributed by atoms with Gasteiger partial charge in [0.25, 0.3) is 0 Å². The number of nitrogens with one attached hydrogen (secondary N) is 2. The lowest BCUT2D eigenvalue weighted by Gasteiger charge is -2.35. The molecule has 3 atom stereocenters. The van der Waals surface area contributed by atoms with Crippen molar-refractivity contribution in [1.82, 2.24) is 25.2 Å². The van der Waals surface area contributed by atoms with E-state index in [9.17, 15) is 9.59 Å². The van der Waals surface area contributed by atoms with Crippen LogP contribution in [0.4, 0.5) is 0 Å². The van der Waals surface area contributed by atoms with Crippen LogP contribution in [0.1, 0.15) is 31.2 Å². The summed E-state index contributed by atoms with van der Waals surface area (Å²) in [5.74, 6) is -0.138. The normalized spacial score (nSPS) is 20.1. The second-order valence-corrected chi connectivity index (χ2v) is 7.44. The van der Waals surface area contributed by atoms with Crippen molar-refractivity contribution in [2.24, 2.45) is 5.92 Å². The number of pyridine rings is 1. The molecular weight excluding hydrogens is 441 g/mol. The van der Waals surface area contributed by atoms with E-state index in [0.717, 1.165) is 31.4 Å². The van der Waals surface area contributed by atoms with E-state index in [0.29, 0.717) is 13.0 Å². The number of hydrogen-bond donors (Lipinski definition) is 2. The molecule has 0 aliphatic heterocycles. The summed E-state index contributed by atoms with van der Waals surface area (Å²) in [5.41, 5.74) is 0.863. The minimum absolute atomic E-state index is 0. The number of rotatable bonds is 9. The van der Waals surface area contributed by atoms with Crippen molar-refractivity contribution < 1.29 is 14.3 Å². The summed E-state index contributed by atoms with van der Waals surface area (Å²) in [6, 6.07) is 3.52. The summed E-state index contributed by atoms with van der Waals surface area (Å²) in [4.78, 5) is 33.1. The summed E-state index contributed by atoms with van der Waals surface area (Å²) in [6.07, 6.45) is 11.9. The monoisotopic (exact) mass is 471 g/mol. The topological polar surface area (TPSA) is 98.1 Å². The van der Waals surface area contributed by atoms with Crippen molar-refractivity contribution in [3.8, 4) is 0 Å². The zero-order valence-electron chi connectivity index (χ0n) is 17.6. The Bertz CT molecular complexity index is 777. The first-order valence-corrected chi connectivity index (χ1v) is 10.1. The maximum absolute atomic E-state index is 12.6. The van der Waals surface area contributed by atoms with Gasteiger partial charge in [0.15, 0.2) is 0 Å². The summed E-state index contributed by atoms with van der Waals surface area (Å²) < 4.78 is 7.55. The molecule has 8 nitrogen and oxygen atoms in total. The molecule has 2 heterocycles. The van der Waals surface area contributed by atoms with Crippen LogP contribution in [0.15, 0.2) is 43.2 Å². The Balaban J connectivity index is 0.00000240. The molecule has 2 amide bonds. The molecule has 2 aromatic heterocycles. The van der Waals surface area contributed by atoms with Crippen LogP contribution in [0.2, 0.25) is 0 Å². The molecule has 1 aliphatic rings. The van der Waals surface area contributed by atoms with Gasteiger partial charge >= 0.3 is 0 Å². The van der Waals surface area contributed by atoms with Crippen molar-refractivity contribution in [3.05, 3.63) is 48.8 Å². The molecule has 31 heavy (non-hydrogen) atoms. The van der Waals surface area contributed by atoms with E-state index in [1.54, 1.807) is 32.0 Å². The molecule has 1 fully saturated rings. The molecule has 3 rings (SSSR count). The molecule has 1 aliphatic carbocycles. The average Bonchev–Trinajstić information content (AvgIpc) is 3.25. The highest BCUT2D eigenvalue weighted by atomic mass is 35.5. The molecule has 2 N–H and O–H groups in total.